The van der Waals surface area contributed by atoms with Crippen molar-refractivity contribution in [2.75, 3.05) is 27.2 Å². The van der Waals surface area contributed by atoms with Crippen LogP contribution in [0.25, 0.3) is 10.2 Å². The third-order valence-electron chi connectivity index (χ3n) is 3.31. The topological polar surface area (TPSA) is 28.2 Å². The van der Waals surface area contributed by atoms with Crippen LogP contribution in [-0.2, 0) is 0 Å². The Labute approximate surface area is 126 Å². The van der Waals surface area contributed by atoms with Crippen molar-refractivity contribution < 1.29 is 0 Å². The second-order valence-electron chi connectivity index (χ2n) is 6.52. The minimum Gasteiger partial charge on any atom is -0.309 e. The van der Waals surface area contributed by atoms with Gasteiger partial charge in [0.15, 0.2) is 0 Å². The number of rotatable bonds is 6. The third kappa shape index (κ3) is 4.01. The van der Waals surface area contributed by atoms with Gasteiger partial charge in [-0.05, 0) is 38.6 Å². The average Bonchev–Trinajstić information content (AvgIpc) is 2.78. The highest BCUT2D eigenvalue weighted by Gasteiger charge is 2.20. The summed E-state index contributed by atoms with van der Waals surface area (Å²) in [5, 5.41) is 4.80. The van der Waals surface area contributed by atoms with E-state index in [2.05, 4.69) is 63.3 Å². The lowest BCUT2D eigenvalue weighted by Gasteiger charge is -2.29. The first-order chi connectivity index (χ1) is 9.37. The van der Waals surface area contributed by atoms with E-state index in [0.29, 0.717) is 6.04 Å². The summed E-state index contributed by atoms with van der Waals surface area (Å²) in [5.74, 6) is 0. The number of thiazole rings is 1. The summed E-state index contributed by atoms with van der Waals surface area (Å²) < 4.78 is 1.27. The van der Waals surface area contributed by atoms with Gasteiger partial charge in [-0.3, -0.25) is 0 Å². The zero-order valence-corrected chi connectivity index (χ0v) is 13.9. The number of aromatic nitrogens is 1. The quantitative estimate of drug-likeness (QED) is 0.882. The molecule has 2 aromatic rings. The number of nitrogens with zero attached hydrogens (tertiary/aromatic N) is 2. The Morgan fingerprint density at radius 2 is 2.00 bits per heavy atom. The first-order valence-corrected chi connectivity index (χ1v) is 7.93. The maximum Gasteiger partial charge on any atom is 0.111 e. The summed E-state index contributed by atoms with van der Waals surface area (Å²) in [6.45, 7) is 8.86. The zero-order valence-electron chi connectivity index (χ0n) is 13.1. The van der Waals surface area contributed by atoms with E-state index >= 15 is 0 Å². The predicted octanol–water partition coefficient (Wildman–Crippen LogP) is 3.53. The van der Waals surface area contributed by atoms with Gasteiger partial charge < -0.3 is 10.2 Å². The van der Waals surface area contributed by atoms with Gasteiger partial charge in [-0.25, -0.2) is 4.98 Å². The molecular weight excluding hydrogens is 266 g/mol. The Kier molecular flexibility index (Phi) is 4.78. The van der Waals surface area contributed by atoms with Gasteiger partial charge in [0.1, 0.15) is 5.01 Å². The molecule has 1 unspecified atom stereocenters. The monoisotopic (exact) mass is 291 g/mol. The van der Waals surface area contributed by atoms with E-state index in [1.807, 2.05) is 6.07 Å². The van der Waals surface area contributed by atoms with Crippen LogP contribution in [0, 0.1) is 5.41 Å². The largest absolute Gasteiger partial charge is 0.309 e. The highest BCUT2D eigenvalue weighted by Crippen LogP contribution is 2.26. The smallest absolute Gasteiger partial charge is 0.111 e. The van der Waals surface area contributed by atoms with Crippen molar-refractivity contribution in [1.29, 1.82) is 0 Å². The van der Waals surface area contributed by atoms with E-state index in [4.69, 9.17) is 4.98 Å². The van der Waals surface area contributed by atoms with E-state index < -0.39 is 0 Å². The number of hydrogen-bond acceptors (Lipinski definition) is 4. The van der Waals surface area contributed by atoms with Gasteiger partial charge in [0, 0.05) is 13.1 Å². The van der Waals surface area contributed by atoms with Crippen LogP contribution in [0.15, 0.2) is 24.3 Å². The van der Waals surface area contributed by atoms with Crippen LogP contribution in [0.3, 0.4) is 0 Å². The van der Waals surface area contributed by atoms with E-state index in [1.54, 1.807) is 11.3 Å². The van der Waals surface area contributed by atoms with Crippen molar-refractivity contribution in [3.63, 3.8) is 0 Å². The standard InChI is InChI=1S/C16H25N3S/c1-12(17-10-16(2,3)11-19(4)5)15-18-13-8-6-7-9-14(13)20-15/h6-9,12,17H,10-11H2,1-5H3. The molecule has 0 aliphatic heterocycles. The molecule has 0 amide bonds. The van der Waals surface area contributed by atoms with Crippen molar-refractivity contribution in [2.45, 2.75) is 26.8 Å². The molecule has 0 bridgehead atoms. The summed E-state index contributed by atoms with van der Waals surface area (Å²) in [6.07, 6.45) is 0. The summed E-state index contributed by atoms with van der Waals surface area (Å²) >= 11 is 1.79. The minimum absolute atomic E-state index is 0.258. The van der Waals surface area contributed by atoms with Crippen LogP contribution in [0.1, 0.15) is 31.8 Å². The van der Waals surface area contributed by atoms with E-state index in [0.717, 1.165) is 18.6 Å². The molecule has 110 valence electrons. The van der Waals surface area contributed by atoms with Crippen LogP contribution < -0.4 is 5.32 Å². The normalized spacial score (nSPS) is 14.1. The molecule has 4 heteroatoms. The predicted molar refractivity (Wildman–Crippen MR) is 88.4 cm³/mol. The van der Waals surface area contributed by atoms with Crippen molar-refractivity contribution >= 4 is 21.6 Å². The maximum absolute atomic E-state index is 4.72. The Morgan fingerprint density at radius 1 is 1.30 bits per heavy atom. The molecule has 1 N–H and O–H groups in total. The molecule has 0 aliphatic carbocycles. The number of benzene rings is 1. The Bertz CT molecular complexity index is 527. The molecule has 2 rings (SSSR count). The lowest BCUT2D eigenvalue weighted by Crippen LogP contribution is -2.38. The molecule has 0 saturated carbocycles. The van der Waals surface area contributed by atoms with Crippen molar-refractivity contribution in [3.05, 3.63) is 29.3 Å². The van der Waals surface area contributed by atoms with Crippen molar-refractivity contribution in [3.8, 4) is 0 Å². The number of hydrogen-bond donors (Lipinski definition) is 1. The Morgan fingerprint density at radius 3 is 2.65 bits per heavy atom. The van der Waals surface area contributed by atoms with E-state index in [9.17, 15) is 0 Å². The minimum atomic E-state index is 0.258. The first-order valence-electron chi connectivity index (χ1n) is 7.11. The first kappa shape index (κ1) is 15.4. The Balaban J connectivity index is 1.99. The van der Waals surface area contributed by atoms with Gasteiger partial charge in [0.2, 0.25) is 0 Å². The van der Waals surface area contributed by atoms with Gasteiger partial charge in [0.25, 0.3) is 0 Å². The molecule has 20 heavy (non-hydrogen) atoms. The van der Waals surface area contributed by atoms with Gasteiger partial charge in [-0.2, -0.15) is 0 Å². The maximum atomic E-state index is 4.72. The van der Waals surface area contributed by atoms with Crippen molar-refractivity contribution in [2.24, 2.45) is 5.41 Å². The second kappa shape index (κ2) is 6.20. The number of fused-ring (bicyclic) bond motifs is 1. The van der Waals surface area contributed by atoms with E-state index in [1.165, 1.54) is 9.71 Å². The van der Waals surface area contributed by atoms with E-state index in [-0.39, 0.29) is 5.41 Å². The SMILES string of the molecule is CC(NCC(C)(C)CN(C)C)c1nc2ccccc2s1. The number of para-hydroxylation sites is 1. The molecule has 0 aliphatic rings. The fourth-order valence-corrected chi connectivity index (χ4v) is 3.50. The Hall–Kier alpha value is -0.970. The third-order valence-corrected chi connectivity index (χ3v) is 4.53. The van der Waals surface area contributed by atoms with Gasteiger partial charge >= 0.3 is 0 Å². The van der Waals surface area contributed by atoms with Gasteiger partial charge in [-0.1, -0.05) is 26.0 Å². The average molecular weight is 291 g/mol. The van der Waals surface area contributed by atoms with Crippen molar-refractivity contribution in [1.82, 2.24) is 15.2 Å². The molecule has 0 fully saturated rings. The molecule has 1 heterocycles. The zero-order chi connectivity index (χ0) is 14.8. The fourth-order valence-electron chi connectivity index (χ4n) is 2.50. The highest BCUT2D eigenvalue weighted by atomic mass is 32.1. The number of nitrogens with one attached hydrogen (secondary N) is 1. The molecular formula is C16H25N3S. The highest BCUT2D eigenvalue weighted by molar-refractivity contribution is 7.18. The molecule has 0 saturated heterocycles. The van der Waals surface area contributed by atoms with Crippen LogP contribution in [0.2, 0.25) is 0 Å². The van der Waals surface area contributed by atoms with Crippen LogP contribution in [0.4, 0.5) is 0 Å². The second-order valence-corrected chi connectivity index (χ2v) is 7.59. The lowest BCUT2D eigenvalue weighted by atomic mass is 9.92. The lowest BCUT2D eigenvalue weighted by molar-refractivity contribution is 0.227. The molecule has 1 aromatic carbocycles. The van der Waals surface area contributed by atoms with Crippen LogP contribution >= 0.6 is 11.3 Å². The molecule has 0 spiro atoms. The summed E-state index contributed by atoms with van der Waals surface area (Å²) in [6, 6.07) is 8.64. The molecule has 0 radical (unpaired) electrons. The van der Waals surface area contributed by atoms with Crippen LogP contribution in [0.5, 0.6) is 0 Å². The summed E-state index contributed by atoms with van der Waals surface area (Å²) in [5.41, 5.74) is 1.36. The fraction of sp³-hybridized carbons (Fsp3) is 0.562. The molecule has 1 aromatic heterocycles. The molecule has 1 atom stereocenters. The summed E-state index contributed by atoms with van der Waals surface area (Å²) in [4.78, 5) is 6.96. The van der Waals surface area contributed by atoms with Gasteiger partial charge in [0.05, 0.1) is 16.3 Å². The summed E-state index contributed by atoms with van der Waals surface area (Å²) in [7, 11) is 4.25. The van der Waals surface area contributed by atoms with Crippen LogP contribution in [-0.4, -0.2) is 37.1 Å². The van der Waals surface area contributed by atoms with Gasteiger partial charge in [-0.15, -0.1) is 11.3 Å². The molecule has 3 nitrogen and oxygen atoms in total.